The van der Waals surface area contributed by atoms with Crippen LogP contribution in [0.5, 0.6) is 5.75 Å². The van der Waals surface area contributed by atoms with Gasteiger partial charge in [-0.15, -0.1) is 0 Å². The minimum absolute atomic E-state index is 0.0209. The molecule has 0 unspecified atom stereocenters. The molecule has 218 valence electrons. The van der Waals surface area contributed by atoms with Crippen LogP contribution in [0.15, 0.2) is 53.3 Å². The fourth-order valence-electron chi connectivity index (χ4n) is 4.16. The summed E-state index contributed by atoms with van der Waals surface area (Å²) in [5.41, 5.74) is 8.04. The number of aromatic amines is 1. The molecule has 3 rings (SSSR count). The Hall–Kier alpha value is -3.14. The molecule has 40 heavy (non-hydrogen) atoms. The van der Waals surface area contributed by atoms with Gasteiger partial charge < -0.3 is 29.9 Å². The fourth-order valence-corrected chi connectivity index (χ4v) is 5.43. The molecule has 1 atom stereocenters. The highest BCUT2D eigenvalue weighted by Gasteiger charge is 2.40. The Labute approximate surface area is 238 Å². The maximum absolute atomic E-state index is 13.5. The molecular weight excluding hydrogens is 522 g/mol. The van der Waals surface area contributed by atoms with Crippen LogP contribution in [0.1, 0.15) is 64.3 Å². The van der Waals surface area contributed by atoms with E-state index in [1.54, 1.807) is 17.0 Å². The minimum atomic E-state index is -2.33. The topological polar surface area (TPSA) is 118 Å². The average Bonchev–Trinajstić information content (AvgIpc) is 2.85. The first-order valence-electron chi connectivity index (χ1n) is 13.8. The molecule has 0 radical (unpaired) electrons. The van der Waals surface area contributed by atoms with Crippen LogP contribution in [0.4, 0.5) is 4.79 Å². The Morgan fingerprint density at radius 3 is 2.20 bits per heavy atom. The summed E-state index contributed by atoms with van der Waals surface area (Å²) in [4.78, 5) is 30.0. The summed E-state index contributed by atoms with van der Waals surface area (Å²) in [6.45, 7) is 17.5. The summed E-state index contributed by atoms with van der Waals surface area (Å²) in [6.07, 6.45) is -0.325. The lowest BCUT2D eigenvalue weighted by atomic mass is 10.0. The molecule has 1 aromatic heterocycles. The maximum Gasteiger partial charge on any atom is 0.410 e. The van der Waals surface area contributed by atoms with E-state index in [2.05, 4.69) is 38.8 Å². The number of hydrogen-bond acceptors (Lipinski definition) is 6. The Balaban J connectivity index is 2.05. The Bertz CT molecular complexity index is 1370. The van der Waals surface area contributed by atoms with E-state index < -0.39 is 26.1 Å². The molecule has 0 bridgehead atoms. The molecule has 1 amide bonds. The van der Waals surface area contributed by atoms with E-state index in [1.807, 2.05) is 51.1 Å². The molecule has 0 aliphatic rings. The van der Waals surface area contributed by atoms with E-state index in [0.717, 1.165) is 16.7 Å². The number of ether oxygens (including phenoxy) is 1. The number of H-pyrrole nitrogens is 1. The van der Waals surface area contributed by atoms with E-state index in [9.17, 15) is 14.7 Å². The highest BCUT2D eigenvalue weighted by Crippen LogP contribution is 2.41. The highest BCUT2D eigenvalue weighted by molar-refractivity contribution is 6.74. The van der Waals surface area contributed by atoms with Crippen molar-refractivity contribution in [3.8, 4) is 5.75 Å². The van der Waals surface area contributed by atoms with Gasteiger partial charge in [0.25, 0.3) is 0 Å². The molecule has 0 saturated carbocycles. The quantitative estimate of drug-likeness (QED) is 0.264. The van der Waals surface area contributed by atoms with Crippen molar-refractivity contribution >= 4 is 25.3 Å². The molecule has 0 aliphatic heterocycles. The fraction of sp³-hybridized carbons (Fsp3) is 0.484. The number of pyridine rings is 1. The third kappa shape index (κ3) is 7.96. The number of nitrogens with two attached hydrogens (primary N) is 1. The zero-order chi connectivity index (χ0) is 29.9. The van der Waals surface area contributed by atoms with Gasteiger partial charge in [-0.1, -0.05) is 51.1 Å². The maximum atomic E-state index is 13.5. The molecule has 0 aliphatic carbocycles. The number of benzene rings is 2. The number of carbonyl (C=O) groups is 1. The molecule has 9 heteroatoms. The van der Waals surface area contributed by atoms with Gasteiger partial charge in [0.1, 0.15) is 11.4 Å². The summed E-state index contributed by atoms with van der Waals surface area (Å²) in [6, 6.07) is 14.6. The first-order chi connectivity index (χ1) is 18.5. The molecule has 4 N–H and O–H groups in total. The van der Waals surface area contributed by atoms with Crippen LogP contribution in [-0.4, -0.2) is 48.1 Å². The number of fused-ring (bicyclic) bond motifs is 1. The largest absolute Gasteiger partial charge is 0.506 e. The predicted molar refractivity (Wildman–Crippen MR) is 163 cm³/mol. The number of nitrogens with zero attached hydrogens (tertiary/aromatic N) is 1. The van der Waals surface area contributed by atoms with Crippen molar-refractivity contribution < 1.29 is 19.1 Å². The molecular formula is C31H45N3O5Si. The number of hydrogen-bond donors (Lipinski definition) is 3. The number of nitrogens with one attached hydrogen (secondary N) is 1. The zero-order valence-corrected chi connectivity index (χ0v) is 26.1. The predicted octanol–water partition coefficient (Wildman–Crippen LogP) is 6.24. The number of amides is 1. The van der Waals surface area contributed by atoms with E-state index in [-0.39, 0.29) is 22.9 Å². The van der Waals surface area contributed by atoms with Crippen molar-refractivity contribution in [1.29, 1.82) is 0 Å². The van der Waals surface area contributed by atoms with Gasteiger partial charge in [0.15, 0.2) is 8.32 Å². The van der Waals surface area contributed by atoms with Crippen LogP contribution in [-0.2, 0) is 22.1 Å². The van der Waals surface area contributed by atoms with Crippen molar-refractivity contribution in [3.63, 3.8) is 0 Å². The molecule has 8 nitrogen and oxygen atoms in total. The van der Waals surface area contributed by atoms with Crippen LogP contribution >= 0.6 is 0 Å². The van der Waals surface area contributed by atoms with Gasteiger partial charge >= 0.3 is 6.09 Å². The van der Waals surface area contributed by atoms with Crippen molar-refractivity contribution in [1.82, 2.24) is 9.88 Å². The van der Waals surface area contributed by atoms with Gasteiger partial charge in [-0.2, -0.15) is 0 Å². The van der Waals surface area contributed by atoms with Crippen molar-refractivity contribution in [3.05, 3.63) is 75.6 Å². The van der Waals surface area contributed by atoms with E-state index in [1.165, 1.54) is 6.07 Å². The van der Waals surface area contributed by atoms with Gasteiger partial charge in [-0.25, -0.2) is 4.79 Å². The minimum Gasteiger partial charge on any atom is -0.506 e. The van der Waals surface area contributed by atoms with E-state index in [0.29, 0.717) is 30.4 Å². The third-order valence-electron chi connectivity index (χ3n) is 7.46. The molecule has 0 spiro atoms. The van der Waals surface area contributed by atoms with Gasteiger partial charge in [-0.05, 0) is 74.1 Å². The summed E-state index contributed by atoms with van der Waals surface area (Å²) >= 11 is 0. The standard InChI is InChI=1S/C31H45N3O5Si/c1-30(2,3)38-29(37)34(18-17-21-9-11-22(19-32)12-10-21)20-26(39-40(7,8)31(4,5)6)23-13-15-25(35)28-24(23)14-16-27(36)33-28/h9-16,26,35H,17-20,32H2,1-8H3,(H,33,36)/t26-/m0/s1. The smallest absolute Gasteiger partial charge is 0.410 e. The number of aromatic hydroxyl groups is 1. The van der Waals surface area contributed by atoms with Gasteiger partial charge in [-0.3, -0.25) is 4.79 Å². The number of phenols is 1. The van der Waals surface area contributed by atoms with E-state index in [4.69, 9.17) is 14.9 Å². The van der Waals surface area contributed by atoms with Crippen LogP contribution in [0.2, 0.25) is 18.1 Å². The monoisotopic (exact) mass is 567 g/mol. The number of aromatic nitrogens is 1. The molecule has 0 fully saturated rings. The summed E-state index contributed by atoms with van der Waals surface area (Å²) < 4.78 is 12.8. The van der Waals surface area contributed by atoms with Gasteiger partial charge in [0, 0.05) is 24.5 Å². The Kier molecular flexibility index (Phi) is 9.54. The van der Waals surface area contributed by atoms with Gasteiger partial charge in [0.05, 0.1) is 18.2 Å². The van der Waals surface area contributed by atoms with Crippen molar-refractivity contribution in [2.24, 2.45) is 5.73 Å². The van der Waals surface area contributed by atoms with Gasteiger partial charge in [0.2, 0.25) is 5.56 Å². The van der Waals surface area contributed by atoms with Crippen LogP contribution in [0, 0.1) is 0 Å². The second kappa shape index (κ2) is 12.2. The number of rotatable bonds is 9. The molecule has 3 aromatic rings. The van der Waals surface area contributed by atoms with Crippen LogP contribution < -0.4 is 11.3 Å². The number of carbonyl (C=O) groups excluding carboxylic acids is 1. The lowest BCUT2D eigenvalue weighted by molar-refractivity contribution is 0.0160. The van der Waals surface area contributed by atoms with Crippen LogP contribution in [0.25, 0.3) is 10.9 Å². The average molecular weight is 568 g/mol. The summed E-state index contributed by atoms with van der Waals surface area (Å²) in [5.74, 6) is -0.0209. The van der Waals surface area contributed by atoms with E-state index >= 15 is 0 Å². The number of phenolic OH excluding ortho intramolecular Hbond substituents is 1. The summed E-state index contributed by atoms with van der Waals surface area (Å²) in [7, 11) is -2.33. The van der Waals surface area contributed by atoms with Crippen molar-refractivity contribution in [2.75, 3.05) is 13.1 Å². The molecule has 2 aromatic carbocycles. The molecule has 1 heterocycles. The first-order valence-corrected chi connectivity index (χ1v) is 16.7. The second-order valence-electron chi connectivity index (χ2n) is 12.8. The van der Waals surface area contributed by atoms with Crippen LogP contribution in [0.3, 0.4) is 0 Å². The highest BCUT2D eigenvalue weighted by atomic mass is 28.4. The SMILES string of the molecule is CC(C)(C)OC(=O)N(CCc1ccc(CN)cc1)C[C@H](O[Si](C)(C)C(C)(C)C)c1ccc(O)c2[nH]c(=O)ccc12. The second-order valence-corrected chi connectivity index (χ2v) is 17.6. The van der Waals surface area contributed by atoms with Crippen molar-refractivity contribution in [2.45, 2.75) is 84.3 Å². The molecule has 0 saturated heterocycles. The Morgan fingerprint density at radius 1 is 1.00 bits per heavy atom. The lowest BCUT2D eigenvalue weighted by Crippen LogP contribution is -2.46. The first kappa shape index (κ1) is 31.4. The normalized spacial score (nSPS) is 13.3. The summed E-state index contributed by atoms with van der Waals surface area (Å²) in [5, 5.41) is 11.1. The lowest BCUT2D eigenvalue weighted by Gasteiger charge is -2.41. The Morgan fingerprint density at radius 2 is 1.62 bits per heavy atom. The zero-order valence-electron chi connectivity index (χ0n) is 25.1. The third-order valence-corrected chi connectivity index (χ3v) is 11.9.